The molecule has 0 fully saturated rings. The Balaban J connectivity index is 2.72. The van der Waals surface area contributed by atoms with Crippen molar-refractivity contribution in [1.29, 1.82) is 0 Å². The Morgan fingerprint density at radius 1 is 1.25 bits per heavy atom. The maximum absolute atomic E-state index is 4.37. The molecule has 0 radical (unpaired) electrons. The summed E-state index contributed by atoms with van der Waals surface area (Å²) in [4.78, 5) is 10.0. The third-order valence-electron chi connectivity index (χ3n) is 2.82. The van der Waals surface area contributed by atoms with E-state index in [1.807, 2.05) is 0 Å². The van der Waals surface area contributed by atoms with E-state index in [0.29, 0.717) is 5.92 Å². The molecular formula is C17H26N2S. The molecule has 0 saturated carbocycles. The second kappa shape index (κ2) is 9.76. The lowest BCUT2D eigenvalue weighted by atomic mass is 10.1. The van der Waals surface area contributed by atoms with Gasteiger partial charge in [-0.2, -0.15) is 0 Å². The number of nitrogens with zero attached hydrogens (tertiary/aromatic N) is 2. The Morgan fingerprint density at radius 2 is 2.05 bits per heavy atom. The van der Waals surface area contributed by atoms with Crippen LogP contribution < -0.4 is 0 Å². The smallest absolute Gasteiger partial charge is 0.116 e. The predicted octanol–water partition coefficient (Wildman–Crippen LogP) is 5.42. The van der Waals surface area contributed by atoms with E-state index in [-0.39, 0.29) is 0 Å². The number of allylic oxidation sites excluding steroid dienone is 3. The van der Waals surface area contributed by atoms with Gasteiger partial charge in [0.05, 0.1) is 0 Å². The van der Waals surface area contributed by atoms with Gasteiger partial charge in [0.1, 0.15) is 11.4 Å². The van der Waals surface area contributed by atoms with Gasteiger partial charge in [-0.25, -0.2) is 9.97 Å². The van der Waals surface area contributed by atoms with Crippen LogP contribution in [0.2, 0.25) is 0 Å². The minimum Gasteiger partial charge on any atom is -0.241 e. The highest BCUT2D eigenvalue weighted by atomic mass is 32.2. The summed E-state index contributed by atoms with van der Waals surface area (Å²) in [6.45, 7) is 8.80. The topological polar surface area (TPSA) is 25.8 Å². The Morgan fingerprint density at radius 3 is 2.70 bits per heavy atom. The van der Waals surface area contributed by atoms with Crippen molar-refractivity contribution in [3.63, 3.8) is 0 Å². The fourth-order valence-electron chi connectivity index (χ4n) is 1.71. The summed E-state index contributed by atoms with van der Waals surface area (Å²) in [5.41, 5.74) is 1.14. The average molecular weight is 290 g/mol. The van der Waals surface area contributed by atoms with Crippen molar-refractivity contribution < 1.29 is 0 Å². The van der Waals surface area contributed by atoms with Crippen molar-refractivity contribution in [1.82, 2.24) is 9.97 Å². The summed E-state index contributed by atoms with van der Waals surface area (Å²) in [6, 6.07) is 2.12. The largest absolute Gasteiger partial charge is 0.241 e. The highest BCUT2D eigenvalue weighted by molar-refractivity contribution is 8.03. The van der Waals surface area contributed by atoms with E-state index < -0.39 is 0 Å². The number of aryl methyl sites for hydroxylation is 1. The van der Waals surface area contributed by atoms with Crippen LogP contribution in [-0.2, 0) is 6.42 Å². The monoisotopic (exact) mass is 290 g/mol. The molecule has 1 heterocycles. The van der Waals surface area contributed by atoms with Crippen LogP contribution in [0.5, 0.6) is 0 Å². The van der Waals surface area contributed by atoms with Crippen LogP contribution in [0.4, 0.5) is 0 Å². The molecule has 0 N–H and O–H groups in total. The van der Waals surface area contributed by atoms with Crippen LogP contribution >= 0.6 is 11.8 Å². The SMILES string of the molecule is CC/C=C\C(=C/CC)Sc1cc(CCC(C)C)ncn1. The first-order valence-electron chi connectivity index (χ1n) is 7.51. The van der Waals surface area contributed by atoms with Gasteiger partial charge in [-0.3, -0.25) is 0 Å². The summed E-state index contributed by atoms with van der Waals surface area (Å²) in [5, 5.41) is 1.04. The molecule has 0 amide bonds. The van der Waals surface area contributed by atoms with Crippen LogP contribution in [0.3, 0.4) is 0 Å². The fourth-order valence-corrected chi connectivity index (χ4v) is 2.66. The molecule has 1 aromatic rings. The summed E-state index contributed by atoms with van der Waals surface area (Å²) in [5.74, 6) is 0.712. The van der Waals surface area contributed by atoms with Crippen molar-refractivity contribution in [3.8, 4) is 0 Å². The lowest BCUT2D eigenvalue weighted by Crippen LogP contribution is -1.96. The molecule has 0 spiro atoms. The molecule has 0 bridgehead atoms. The molecule has 3 heteroatoms. The van der Waals surface area contributed by atoms with Crippen molar-refractivity contribution in [3.05, 3.63) is 41.2 Å². The first-order valence-corrected chi connectivity index (χ1v) is 8.32. The van der Waals surface area contributed by atoms with Gasteiger partial charge in [0.25, 0.3) is 0 Å². The van der Waals surface area contributed by atoms with Crippen LogP contribution in [0.1, 0.15) is 52.7 Å². The first kappa shape index (κ1) is 17.0. The van der Waals surface area contributed by atoms with E-state index in [2.05, 4.69) is 62.0 Å². The summed E-state index contributed by atoms with van der Waals surface area (Å²) in [7, 11) is 0. The van der Waals surface area contributed by atoms with Crippen LogP contribution in [0, 0.1) is 5.92 Å². The van der Waals surface area contributed by atoms with Gasteiger partial charge in [0.2, 0.25) is 0 Å². The molecule has 2 nitrogen and oxygen atoms in total. The summed E-state index contributed by atoms with van der Waals surface area (Å²) in [6.07, 6.45) is 12.6. The van der Waals surface area contributed by atoms with E-state index >= 15 is 0 Å². The minimum absolute atomic E-state index is 0.712. The van der Waals surface area contributed by atoms with Crippen LogP contribution in [0.25, 0.3) is 0 Å². The van der Waals surface area contributed by atoms with Gasteiger partial charge in [-0.15, -0.1) is 0 Å². The van der Waals surface area contributed by atoms with Crippen LogP contribution in [0.15, 0.2) is 40.6 Å². The van der Waals surface area contributed by atoms with Gasteiger partial charge < -0.3 is 0 Å². The summed E-state index contributed by atoms with van der Waals surface area (Å²) >= 11 is 1.72. The molecule has 110 valence electrons. The number of hydrogen-bond donors (Lipinski definition) is 0. The number of thioether (sulfide) groups is 1. The van der Waals surface area contributed by atoms with Gasteiger partial charge in [0.15, 0.2) is 0 Å². The average Bonchev–Trinajstić information content (AvgIpc) is 2.43. The third-order valence-corrected chi connectivity index (χ3v) is 3.79. The van der Waals surface area contributed by atoms with Gasteiger partial charge in [0, 0.05) is 10.6 Å². The van der Waals surface area contributed by atoms with Crippen molar-refractivity contribution in [2.75, 3.05) is 0 Å². The zero-order chi connectivity index (χ0) is 14.8. The molecule has 0 atom stereocenters. The molecule has 1 rings (SSSR count). The normalized spacial score (nSPS) is 12.6. The Hall–Kier alpha value is -1.09. The lowest BCUT2D eigenvalue weighted by molar-refractivity contribution is 0.580. The molecule has 20 heavy (non-hydrogen) atoms. The molecular weight excluding hydrogens is 264 g/mol. The molecule has 0 aliphatic carbocycles. The number of aromatic nitrogens is 2. The molecule has 0 unspecified atom stereocenters. The Kier molecular flexibility index (Phi) is 8.28. The fraction of sp³-hybridized carbons (Fsp3) is 0.529. The molecule has 0 saturated heterocycles. The predicted molar refractivity (Wildman–Crippen MR) is 88.9 cm³/mol. The van der Waals surface area contributed by atoms with E-state index in [1.165, 1.54) is 11.3 Å². The molecule has 0 aromatic carbocycles. The quantitative estimate of drug-likeness (QED) is 0.363. The van der Waals surface area contributed by atoms with Crippen molar-refractivity contribution >= 4 is 11.8 Å². The first-order chi connectivity index (χ1) is 9.65. The lowest BCUT2D eigenvalue weighted by Gasteiger charge is -2.06. The zero-order valence-electron chi connectivity index (χ0n) is 13.1. The van der Waals surface area contributed by atoms with Gasteiger partial charge in [-0.1, -0.05) is 57.7 Å². The van der Waals surface area contributed by atoms with Crippen molar-refractivity contribution in [2.45, 2.75) is 58.4 Å². The molecule has 1 aromatic heterocycles. The maximum atomic E-state index is 4.37. The van der Waals surface area contributed by atoms with E-state index in [0.717, 1.165) is 30.0 Å². The summed E-state index contributed by atoms with van der Waals surface area (Å²) < 4.78 is 0. The van der Waals surface area contributed by atoms with Crippen LogP contribution in [-0.4, -0.2) is 9.97 Å². The van der Waals surface area contributed by atoms with Gasteiger partial charge in [-0.05, 0) is 37.7 Å². The second-order valence-electron chi connectivity index (χ2n) is 5.21. The zero-order valence-corrected chi connectivity index (χ0v) is 13.9. The van der Waals surface area contributed by atoms with E-state index in [9.17, 15) is 0 Å². The maximum Gasteiger partial charge on any atom is 0.116 e. The Labute approximate surface area is 127 Å². The third kappa shape index (κ3) is 6.90. The number of hydrogen-bond acceptors (Lipinski definition) is 3. The molecule has 0 aliphatic heterocycles. The minimum atomic E-state index is 0.712. The highest BCUT2D eigenvalue weighted by Gasteiger charge is 2.03. The second-order valence-corrected chi connectivity index (χ2v) is 6.30. The molecule has 0 aliphatic rings. The van der Waals surface area contributed by atoms with E-state index in [1.54, 1.807) is 18.1 Å². The van der Waals surface area contributed by atoms with E-state index in [4.69, 9.17) is 0 Å². The van der Waals surface area contributed by atoms with Gasteiger partial charge >= 0.3 is 0 Å². The highest BCUT2D eigenvalue weighted by Crippen LogP contribution is 2.26. The Bertz CT molecular complexity index is 450. The van der Waals surface area contributed by atoms with Crippen molar-refractivity contribution in [2.24, 2.45) is 5.92 Å². The standard InChI is InChI=1S/C17H26N2S/c1-5-7-9-16(8-6-2)20-17-12-15(18-13-19-17)11-10-14(3)4/h7-9,12-14H,5-6,10-11H2,1-4H3/b9-7-,16-8+. The number of rotatable bonds is 8.